The molecule has 0 fully saturated rings. The lowest BCUT2D eigenvalue weighted by Gasteiger charge is -2.15. The second-order valence-electron chi connectivity index (χ2n) is 4.24. The second kappa shape index (κ2) is 5.88. The molecule has 20 heavy (non-hydrogen) atoms. The number of halogens is 1. The zero-order valence-electron chi connectivity index (χ0n) is 10.5. The van der Waals surface area contributed by atoms with Gasteiger partial charge in [0, 0.05) is 22.0 Å². The number of benzene rings is 2. The van der Waals surface area contributed by atoms with E-state index in [0.717, 1.165) is 5.56 Å². The molecule has 0 aliphatic rings. The van der Waals surface area contributed by atoms with Crippen molar-refractivity contribution in [1.82, 2.24) is 0 Å². The van der Waals surface area contributed by atoms with Gasteiger partial charge in [-0.05, 0) is 11.6 Å². The number of aromatic hydroxyl groups is 1. The number of hydrogen-bond donors (Lipinski definition) is 1. The summed E-state index contributed by atoms with van der Waals surface area (Å²) in [6, 6.07) is 12.3. The molecule has 2 aromatic carbocycles. The van der Waals surface area contributed by atoms with Gasteiger partial charge in [-0.15, -0.1) is 6.58 Å². The Hall–Kier alpha value is -2.14. The summed E-state index contributed by atoms with van der Waals surface area (Å²) in [5.41, 5.74) is 1.04. The minimum Gasteiger partial charge on any atom is -0.502 e. The fourth-order valence-electron chi connectivity index (χ4n) is 2.08. The number of hydrogen-bond acceptors (Lipinski definition) is 3. The quantitative estimate of drug-likeness (QED) is 0.513. The van der Waals surface area contributed by atoms with Gasteiger partial charge in [-0.1, -0.05) is 52.3 Å². The van der Waals surface area contributed by atoms with Crippen LogP contribution in [0.15, 0.2) is 59.6 Å². The third kappa shape index (κ3) is 2.72. The lowest BCUT2D eigenvalue weighted by Crippen LogP contribution is -2.00. The number of phenols is 1. The second-order valence-corrected chi connectivity index (χ2v) is 5.16. The van der Waals surface area contributed by atoms with Gasteiger partial charge in [0.05, 0.1) is 4.92 Å². The maximum Gasteiger partial charge on any atom is 0.312 e. The minimum absolute atomic E-state index is 0.313. The van der Waals surface area contributed by atoms with E-state index in [0.29, 0.717) is 10.0 Å². The van der Waals surface area contributed by atoms with E-state index in [1.54, 1.807) is 12.1 Å². The van der Waals surface area contributed by atoms with Crippen molar-refractivity contribution in [3.8, 4) is 5.75 Å². The molecule has 1 atom stereocenters. The Morgan fingerprint density at radius 2 is 1.95 bits per heavy atom. The summed E-state index contributed by atoms with van der Waals surface area (Å²) < 4.78 is 0.541. The summed E-state index contributed by atoms with van der Waals surface area (Å²) in [5, 5.41) is 21.1. The molecule has 4 nitrogen and oxygen atoms in total. The summed E-state index contributed by atoms with van der Waals surface area (Å²) in [4.78, 5) is 10.4. The van der Waals surface area contributed by atoms with Crippen molar-refractivity contribution in [2.24, 2.45) is 0 Å². The van der Waals surface area contributed by atoms with Crippen LogP contribution in [-0.2, 0) is 0 Å². The van der Waals surface area contributed by atoms with E-state index < -0.39 is 4.92 Å². The van der Waals surface area contributed by atoms with Crippen LogP contribution in [0.1, 0.15) is 17.0 Å². The Balaban J connectivity index is 2.61. The Labute approximate surface area is 124 Å². The highest BCUT2D eigenvalue weighted by atomic mass is 79.9. The van der Waals surface area contributed by atoms with Crippen molar-refractivity contribution in [3.05, 3.63) is 80.8 Å². The molecule has 0 aliphatic heterocycles. The van der Waals surface area contributed by atoms with E-state index in [1.165, 1.54) is 6.07 Å². The van der Waals surface area contributed by atoms with Crippen LogP contribution in [0, 0.1) is 10.1 Å². The average molecular weight is 334 g/mol. The fraction of sp³-hybridized carbons (Fsp3) is 0.0667. The van der Waals surface area contributed by atoms with Gasteiger partial charge in [0.1, 0.15) is 0 Å². The molecule has 0 saturated heterocycles. The molecule has 0 unspecified atom stereocenters. The molecule has 0 bridgehead atoms. The molecule has 0 amide bonds. The lowest BCUT2D eigenvalue weighted by atomic mass is 9.90. The first-order valence-electron chi connectivity index (χ1n) is 5.89. The molecular weight excluding hydrogens is 322 g/mol. The fourth-order valence-corrected chi connectivity index (χ4v) is 2.55. The van der Waals surface area contributed by atoms with Gasteiger partial charge in [0.15, 0.2) is 5.75 Å². The largest absolute Gasteiger partial charge is 0.502 e. The minimum atomic E-state index is -0.602. The summed E-state index contributed by atoms with van der Waals surface area (Å²) in [6.45, 7) is 3.76. The molecule has 0 spiro atoms. The molecule has 102 valence electrons. The predicted octanol–water partition coefficient (Wildman–Crippen LogP) is 4.38. The maximum atomic E-state index is 11.0. The Morgan fingerprint density at radius 1 is 1.30 bits per heavy atom. The normalized spacial score (nSPS) is 11.8. The van der Waals surface area contributed by atoms with Gasteiger partial charge in [0.2, 0.25) is 0 Å². The van der Waals surface area contributed by atoms with Crippen LogP contribution < -0.4 is 0 Å². The Bertz CT molecular complexity index is 656. The van der Waals surface area contributed by atoms with Crippen molar-refractivity contribution < 1.29 is 10.0 Å². The van der Waals surface area contributed by atoms with E-state index >= 15 is 0 Å². The highest BCUT2D eigenvalue weighted by Gasteiger charge is 2.23. The zero-order valence-corrected chi connectivity index (χ0v) is 12.1. The van der Waals surface area contributed by atoms with Crippen LogP contribution in [0.4, 0.5) is 5.69 Å². The summed E-state index contributed by atoms with van der Waals surface area (Å²) in [5.74, 6) is -0.639. The van der Waals surface area contributed by atoms with Gasteiger partial charge < -0.3 is 5.11 Å². The van der Waals surface area contributed by atoms with Gasteiger partial charge in [0.25, 0.3) is 0 Å². The highest BCUT2D eigenvalue weighted by Crippen LogP contribution is 2.40. The monoisotopic (exact) mass is 333 g/mol. The molecule has 0 saturated carbocycles. The third-order valence-corrected chi connectivity index (χ3v) is 3.47. The topological polar surface area (TPSA) is 63.4 Å². The highest BCUT2D eigenvalue weighted by molar-refractivity contribution is 9.10. The molecular formula is C15H12BrNO3. The maximum absolute atomic E-state index is 11.0. The van der Waals surface area contributed by atoms with Gasteiger partial charge >= 0.3 is 5.69 Å². The van der Waals surface area contributed by atoms with Crippen molar-refractivity contribution in [1.29, 1.82) is 0 Å². The standard InChI is InChI=1S/C15H12BrNO3/c1-2-12(10-6-4-3-5-7-10)13-8-11(16)9-14(15(13)18)17(19)20/h2-9,12,18H,1H2/t12-/m1/s1. The molecule has 0 radical (unpaired) electrons. The van der Waals surface area contributed by atoms with Crippen molar-refractivity contribution in [3.63, 3.8) is 0 Å². The van der Waals surface area contributed by atoms with Crippen LogP contribution in [0.25, 0.3) is 0 Å². The molecule has 0 aliphatic carbocycles. The molecule has 2 rings (SSSR count). The average Bonchev–Trinajstić information content (AvgIpc) is 2.44. The lowest BCUT2D eigenvalue weighted by molar-refractivity contribution is -0.386. The number of nitro groups is 1. The predicted molar refractivity (Wildman–Crippen MR) is 80.9 cm³/mol. The van der Waals surface area contributed by atoms with Crippen molar-refractivity contribution in [2.45, 2.75) is 5.92 Å². The van der Waals surface area contributed by atoms with Crippen LogP contribution >= 0.6 is 15.9 Å². The number of nitrogens with zero attached hydrogens (tertiary/aromatic N) is 1. The molecule has 0 aromatic heterocycles. The van der Waals surface area contributed by atoms with Crippen LogP contribution in [-0.4, -0.2) is 10.0 Å². The smallest absolute Gasteiger partial charge is 0.312 e. The SMILES string of the molecule is C=C[C@H](c1ccccc1)c1cc(Br)cc([N+](=O)[O-])c1O. The molecule has 1 N–H and O–H groups in total. The molecule has 2 aromatic rings. The van der Waals surface area contributed by atoms with Crippen LogP contribution in [0.3, 0.4) is 0 Å². The zero-order chi connectivity index (χ0) is 14.7. The summed E-state index contributed by atoms with van der Waals surface area (Å²) in [6.07, 6.45) is 1.65. The third-order valence-electron chi connectivity index (χ3n) is 3.01. The first kappa shape index (κ1) is 14.3. The van der Waals surface area contributed by atoms with Crippen molar-refractivity contribution >= 4 is 21.6 Å². The summed E-state index contributed by atoms with van der Waals surface area (Å²) >= 11 is 3.24. The van der Waals surface area contributed by atoms with Crippen LogP contribution in [0.2, 0.25) is 0 Å². The van der Waals surface area contributed by atoms with E-state index in [9.17, 15) is 15.2 Å². The van der Waals surface area contributed by atoms with Crippen molar-refractivity contribution in [2.75, 3.05) is 0 Å². The van der Waals surface area contributed by atoms with Gasteiger partial charge in [-0.25, -0.2) is 0 Å². The number of allylic oxidation sites excluding steroid dienone is 1. The molecule has 0 heterocycles. The van der Waals surface area contributed by atoms with E-state index in [2.05, 4.69) is 22.5 Å². The van der Waals surface area contributed by atoms with Gasteiger partial charge in [-0.3, -0.25) is 10.1 Å². The first-order chi connectivity index (χ1) is 9.54. The summed E-state index contributed by atoms with van der Waals surface area (Å²) in [7, 11) is 0. The van der Waals surface area contributed by atoms with Crippen LogP contribution in [0.5, 0.6) is 5.75 Å². The van der Waals surface area contributed by atoms with E-state index in [4.69, 9.17) is 0 Å². The van der Waals surface area contributed by atoms with E-state index in [1.807, 2.05) is 30.3 Å². The Morgan fingerprint density at radius 3 is 2.50 bits per heavy atom. The first-order valence-corrected chi connectivity index (χ1v) is 6.68. The van der Waals surface area contributed by atoms with E-state index in [-0.39, 0.29) is 17.4 Å². The number of rotatable bonds is 4. The Kier molecular flexibility index (Phi) is 4.20. The van der Waals surface area contributed by atoms with Gasteiger partial charge in [-0.2, -0.15) is 0 Å². The number of phenolic OH excluding ortho intramolecular Hbond substituents is 1. The molecule has 5 heteroatoms. The number of nitro benzene ring substituents is 1.